The molecule has 160 valence electrons. The van der Waals surface area contributed by atoms with Gasteiger partial charge in [0.05, 0.1) is 11.7 Å². The van der Waals surface area contributed by atoms with Crippen molar-refractivity contribution in [2.24, 2.45) is 0 Å². The standard InChI is InChI=1S/C15H12N8.2C2H4O2/c16-15-19-2-1-13(22-15)21-11-3-9-7-20-23-14(9)12(4-11)10-5-17-8-18-6-10;2*1-2(3)4/h1-8H,(H,20,23)(H3,16,19,21,22);2*1H3,(H,3,4). The van der Waals surface area contributed by atoms with E-state index in [9.17, 15) is 0 Å². The maximum Gasteiger partial charge on any atom is 0.300 e. The number of nitrogen functional groups attached to an aromatic ring is 1. The molecule has 0 aliphatic rings. The van der Waals surface area contributed by atoms with Gasteiger partial charge < -0.3 is 21.3 Å². The Labute approximate surface area is 176 Å². The topological polar surface area (TPSA) is 193 Å². The number of aromatic amines is 1. The minimum Gasteiger partial charge on any atom is -0.481 e. The van der Waals surface area contributed by atoms with Gasteiger partial charge >= 0.3 is 0 Å². The molecule has 3 heterocycles. The molecule has 12 nitrogen and oxygen atoms in total. The number of rotatable bonds is 3. The number of nitrogens with zero attached hydrogens (tertiary/aromatic N) is 5. The van der Waals surface area contributed by atoms with Crippen molar-refractivity contribution in [1.29, 1.82) is 0 Å². The van der Waals surface area contributed by atoms with Crippen LogP contribution in [0.25, 0.3) is 22.0 Å². The van der Waals surface area contributed by atoms with Crippen molar-refractivity contribution < 1.29 is 19.8 Å². The van der Waals surface area contributed by atoms with Gasteiger partial charge in [-0.2, -0.15) is 10.1 Å². The Kier molecular flexibility index (Phi) is 7.90. The molecule has 0 atom stereocenters. The number of carboxylic acid groups (broad SMARTS) is 2. The van der Waals surface area contributed by atoms with E-state index in [2.05, 4.69) is 35.5 Å². The van der Waals surface area contributed by atoms with E-state index in [1.165, 1.54) is 6.33 Å². The van der Waals surface area contributed by atoms with E-state index in [1.54, 1.807) is 30.9 Å². The molecule has 4 rings (SSSR count). The van der Waals surface area contributed by atoms with Gasteiger partial charge in [0.2, 0.25) is 5.95 Å². The number of hydrogen-bond acceptors (Lipinski definition) is 9. The summed E-state index contributed by atoms with van der Waals surface area (Å²) in [5.41, 5.74) is 9.24. The van der Waals surface area contributed by atoms with Crippen LogP contribution >= 0.6 is 0 Å². The summed E-state index contributed by atoms with van der Waals surface area (Å²) < 4.78 is 0. The highest BCUT2D eigenvalue weighted by molar-refractivity contribution is 5.96. The number of benzene rings is 1. The summed E-state index contributed by atoms with van der Waals surface area (Å²) in [5.74, 6) is -0.827. The van der Waals surface area contributed by atoms with Gasteiger partial charge in [0.1, 0.15) is 12.1 Å². The molecule has 6 N–H and O–H groups in total. The van der Waals surface area contributed by atoms with Crippen LogP contribution in [0.2, 0.25) is 0 Å². The average molecular weight is 424 g/mol. The van der Waals surface area contributed by atoms with Crippen LogP contribution in [0.4, 0.5) is 17.5 Å². The zero-order valence-electron chi connectivity index (χ0n) is 16.6. The summed E-state index contributed by atoms with van der Waals surface area (Å²) in [6.07, 6.45) is 8.39. The molecule has 12 heteroatoms. The van der Waals surface area contributed by atoms with Gasteiger partial charge in [0, 0.05) is 54.6 Å². The molecular weight excluding hydrogens is 404 g/mol. The zero-order valence-corrected chi connectivity index (χ0v) is 16.6. The highest BCUT2D eigenvalue weighted by Gasteiger charge is 2.09. The van der Waals surface area contributed by atoms with Crippen LogP contribution in [-0.4, -0.2) is 52.3 Å². The molecule has 0 radical (unpaired) electrons. The maximum absolute atomic E-state index is 9.00. The summed E-state index contributed by atoms with van der Waals surface area (Å²) in [7, 11) is 0. The van der Waals surface area contributed by atoms with Crippen molar-refractivity contribution in [3.05, 3.63) is 49.3 Å². The predicted molar refractivity (Wildman–Crippen MR) is 113 cm³/mol. The van der Waals surface area contributed by atoms with Crippen LogP contribution in [0.15, 0.2) is 49.3 Å². The maximum atomic E-state index is 9.00. The molecule has 0 fully saturated rings. The predicted octanol–water partition coefficient (Wildman–Crippen LogP) is 2.32. The Morgan fingerprint density at radius 1 is 1.06 bits per heavy atom. The second-order valence-corrected chi connectivity index (χ2v) is 5.95. The molecule has 31 heavy (non-hydrogen) atoms. The summed E-state index contributed by atoms with van der Waals surface area (Å²) in [4.78, 5) is 34.2. The zero-order chi connectivity index (χ0) is 22.8. The van der Waals surface area contributed by atoms with E-state index >= 15 is 0 Å². The fourth-order valence-electron chi connectivity index (χ4n) is 2.39. The number of carboxylic acids is 2. The van der Waals surface area contributed by atoms with Gasteiger partial charge in [-0.05, 0) is 18.2 Å². The first kappa shape index (κ1) is 22.7. The lowest BCUT2D eigenvalue weighted by Gasteiger charge is -2.09. The van der Waals surface area contributed by atoms with Crippen LogP contribution in [0, 0.1) is 0 Å². The lowest BCUT2D eigenvalue weighted by Crippen LogP contribution is -1.99. The van der Waals surface area contributed by atoms with Gasteiger partial charge in [-0.1, -0.05) is 0 Å². The smallest absolute Gasteiger partial charge is 0.300 e. The number of aromatic nitrogens is 6. The summed E-state index contributed by atoms with van der Waals surface area (Å²) in [6.45, 7) is 2.17. The lowest BCUT2D eigenvalue weighted by molar-refractivity contribution is -0.135. The fourth-order valence-corrected chi connectivity index (χ4v) is 2.39. The highest BCUT2D eigenvalue weighted by Crippen LogP contribution is 2.31. The highest BCUT2D eigenvalue weighted by atomic mass is 16.4. The quantitative estimate of drug-likeness (QED) is 0.324. The second kappa shape index (κ2) is 10.8. The number of nitrogens with one attached hydrogen (secondary N) is 2. The number of H-pyrrole nitrogens is 1. The first-order valence-electron chi connectivity index (χ1n) is 8.73. The number of fused-ring (bicyclic) bond motifs is 1. The number of hydrogen-bond donors (Lipinski definition) is 5. The molecule has 4 aromatic rings. The van der Waals surface area contributed by atoms with Gasteiger partial charge in [-0.25, -0.2) is 15.0 Å². The summed E-state index contributed by atoms with van der Waals surface area (Å²) in [6, 6.07) is 5.71. The minimum atomic E-state index is -0.833. The van der Waals surface area contributed by atoms with Crippen molar-refractivity contribution >= 4 is 40.3 Å². The molecule has 1 aromatic carbocycles. The van der Waals surface area contributed by atoms with Gasteiger partial charge in [0.25, 0.3) is 11.9 Å². The number of carbonyl (C=O) groups is 2. The van der Waals surface area contributed by atoms with Crippen LogP contribution in [0.5, 0.6) is 0 Å². The largest absolute Gasteiger partial charge is 0.481 e. The van der Waals surface area contributed by atoms with Gasteiger partial charge in [-0.3, -0.25) is 14.7 Å². The number of nitrogens with two attached hydrogens (primary N) is 1. The molecule has 0 bridgehead atoms. The van der Waals surface area contributed by atoms with E-state index < -0.39 is 11.9 Å². The van der Waals surface area contributed by atoms with Crippen LogP contribution < -0.4 is 11.1 Å². The fraction of sp³-hybridized carbons (Fsp3) is 0.105. The van der Waals surface area contributed by atoms with Crippen molar-refractivity contribution in [1.82, 2.24) is 30.1 Å². The number of anilines is 3. The Hall–Kier alpha value is -4.61. The third-order valence-corrected chi connectivity index (χ3v) is 3.37. The van der Waals surface area contributed by atoms with E-state index in [1.807, 2.05) is 12.1 Å². The van der Waals surface area contributed by atoms with Crippen LogP contribution in [0.1, 0.15) is 13.8 Å². The average Bonchev–Trinajstić information content (AvgIpc) is 3.16. The van der Waals surface area contributed by atoms with E-state index in [4.69, 9.17) is 25.5 Å². The van der Waals surface area contributed by atoms with Crippen molar-refractivity contribution in [3.8, 4) is 11.1 Å². The molecule has 0 spiro atoms. The third-order valence-electron chi connectivity index (χ3n) is 3.37. The van der Waals surface area contributed by atoms with Gasteiger partial charge in [-0.15, -0.1) is 0 Å². The Bertz CT molecular complexity index is 1140. The van der Waals surface area contributed by atoms with Crippen molar-refractivity contribution in [2.45, 2.75) is 13.8 Å². The SMILES string of the molecule is CC(=O)O.CC(=O)O.Nc1nccc(Nc2cc(-c3cncnc3)c3[nH]ncc3c2)n1. The molecule has 3 aromatic heterocycles. The first-order chi connectivity index (χ1) is 14.8. The van der Waals surface area contributed by atoms with E-state index in [0.29, 0.717) is 5.82 Å². The second-order valence-electron chi connectivity index (χ2n) is 5.95. The van der Waals surface area contributed by atoms with Gasteiger partial charge in [0.15, 0.2) is 0 Å². The van der Waals surface area contributed by atoms with E-state index in [0.717, 1.165) is 41.6 Å². The molecule has 0 unspecified atom stereocenters. The Morgan fingerprint density at radius 3 is 2.32 bits per heavy atom. The molecule has 0 aliphatic heterocycles. The molecule has 0 saturated heterocycles. The number of aliphatic carboxylic acids is 2. The molecule has 0 saturated carbocycles. The summed E-state index contributed by atoms with van der Waals surface area (Å²) >= 11 is 0. The third kappa shape index (κ3) is 7.38. The molecular formula is C19H20N8O4. The lowest BCUT2D eigenvalue weighted by atomic mass is 10.0. The van der Waals surface area contributed by atoms with Crippen LogP contribution in [0.3, 0.4) is 0 Å². The summed E-state index contributed by atoms with van der Waals surface area (Å²) in [5, 5.41) is 26.1. The van der Waals surface area contributed by atoms with Crippen molar-refractivity contribution in [2.75, 3.05) is 11.1 Å². The van der Waals surface area contributed by atoms with Crippen LogP contribution in [-0.2, 0) is 9.59 Å². The van der Waals surface area contributed by atoms with E-state index in [-0.39, 0.29) is 5.95 Å². The molecule has 0 amide bonds. The first-order valence-corrected chi connectivity index (χ1v) is 8.73. The monoisotopic (exact) mass is 424 g/mol. The Morgan fingerprint density at radius 2 is 1.71 bits per heavy atom. The van der Waals surface area contributed by atoms with Crippen molar-refractivity contribution in [3.63, 3.8) is 0 Å². The normalized spacial score (nSPS) is 9.61. The minimum absolute atomic E-state index is 0.219. The Balaban J connectivity index is 0.000000370. The molecule has 0 aliphatic carbocycles.